The van der Waals surface area contributed by atoms with Crippen LogP contribution < -0.4 is 5.73 Å². The van der Waals surface area contributed by atoms with Crippen molar-refractivity contribution in [3.8, 4) is 0 Å². The Morgan fingerprint density at radius 2 is 2.00 bits per heavy atom. The van der Waals surface area contributed by atoms with E-state index in [1.807, 2.05) is 13.8 Å². The van der Waals surface area contributed by atoms with Gasteiger partial charge < -0.3 is 10.5 Å². The van der Waals surface area contributed by atoms with E-state index in [1.165, 1.54) is 7.11 Å². The van der Waals surface area contributed by atoms with Crippen molar-refractivity contribution in [2.75, 3.05) is 7.11 Å². The molecule has 0 aliphatic carbocycles. The summed E-state index contributed by atoms with van der Waals surface area (Å²) in [4.78, 5) is 11.2. The summed E-state index contributed by atoms with van der Waals surface area (Å²) in [5, 5.41) is 0. The quantitative estimate of drug-likeness (QED) is 0.507. The third kappa shape index (κ3) is 2.84. The number of methoxy groups -OCH3 is 1. The first kappa shape index (κ1) is 10.4. The van der Waals surface area contributed by atoms with Crippen molar-refractivity contribution in [1.82, 2.24) is 0 Å². The van der Waals surface area contributed by atoms with E-state index in [4.69, 9.17) is 18.0 Å². The van der Waals surface area contributed by atoms with E-state index in [9.17, 15) is 4.79 Å². The zero-order valence-corrected chi connectivity index (χ0v) is 7.77. The first-order valence-electron chi connectivity index (χ1n) is 3.37. The van der Waals surface area contributed by atoms with Crippen molar-refractivity contribution in [2.45, 2.75) is 13.8 Å². The number of carbonyl (C=O) groups is 1. The fourth-order valence-corrected chi connectivity index (χ4v) is 1.21. The van der Waals surface area contributed by atoms with E-state index < -0.39 is 5.92 Å². The van der Waals surface area contributed by atoms with Gasteiger partial charge in [-0.1, -0.05) is 26.1 Å². The minimum Gasteiger partial charge on any atom is -0.468 e. The molecule has 0 saturated heterocycles. The highest BCUT2D eigenvalue weighted by Crippen LogP contribution is 2.12. The smallest absolute Gasteiger partial charge is 0.315 e. The number of hydrogen-bond donors (Lipinski definition) is 1. The Morgan fingerprint density at radius 1 is 1.55 bits per heavy atom. The molecule has 0 aromatic heterocycles. The van der Waals surface area contributed by atoms with Crippen molar-refractivity contribution >= 4 is 23.2 Å². The lowest BCUT2D eigenvalue weighted by molar-refractivity contribution is -0.144. The second kappa shape index (κ2) is 4.28. The van der Waals surface area contributed by atoms with Crippen LogP contribution in [0.4, 0.5) is 0 Å². The van der Waals surface area contributed by atoms with Crippen LogP contribution in [0.1, 0.15) is 13.8 Å². The third-order valence-electron chi connectivity index (χ3n) is 1.43. The van der Waals surface area contributed by atoms with E-state index in [-0.39, 0.29) is 16.9 Å². The number of hydrogen-bond acceptors (Lipinski definition) is 3. The number of nitrogens with two attached hydrogens (primary N) is 1. The number of esters is 1. The zero-order valence-electron chi connectivity index (χ0n) is 6.96. The zero-order chi connectivity index (χ0) is 9.02. The molecule has 4 heteroatoms. The van der Waals surface area contributed by atoms with Crippen LogP contribution in [-0.4, -0.2) is 18.1 Å². The fraction of sp³-hybridized carbons (Fsp3) is 0.714. The molecule has 0 rings (SSSR count). The van der Waals surface area contributed by atoms with Crippen molar-refractivity contribution in [1.29, 1.82) is 0 Å². The molecule has 0 amide bonds. The second-order valence-electron chi connectivity index (χ2n) is 2.65. The Balaban J connectivity index is 4.34. The molecule has 0 aromatic carbocycles. The van der Waals surface area contributed by atoms with Crippen molar-refractivity contribution in [3.63, 3.8) is 0 Å². The van der Waals surface area contributed by atoms with E-state index in [0.717, 1.165) is 0 Å². The summed E-state index contributed by atoms with van der Waals surface area (Å²) in [6.45, 7) is 3.75. The van der Waals surface area contributed by atoms with Crippen LogP contribution in [0.2, 0.25) is 0 Å². The molecule has 0 bridgehead atoms. The van der Waals surface area contributed by atoms with E-state index >= 15 is 0 Å². The molecule has 0 aliphatic heterocycles. The van der Waals surface area contributed by atoms with Crippen molar-refractivity contribution < 1.29 is 9.53 Å². The molecule has 64 valence electrons. The highest BCUT2D eigenvalue weighted by atomic mass is 32.1. The van der Waals surface area contributed by atoms with Crippen molar-refractivity contribution in [2.24, 2.45) is 17.6 Å². The summed E-state index contributed by atoms with van der Waals surface area (Å²) in [7, 11) is 1.33. The highest BCUT2D eigenvalue weighted by molar-refractivity contribution is 7.80. The van der Waals surface area contributed by atoms with Gasteiger partial charge >= 0.3 is 5.97 Å². The van der Waals surface area contributed by atoms with Gasteiger partial charge in [0.05, 0.1) is 12.1 Å². The molecular weight excluding hydrogens is 162 g/mol. The lowest BCUT2D eigenvalue weighted by Gasteiger charge is -2.15. The fourth-order valence-electron chi connectivity index (χ4n) is 0.844. The Labute approximate surface area is 71.9 Å². The van der Waals surface area contributed by atoms with Crippen molar-refractivity contribution in [3.05, 3.63) is 0 Å². The monoisotopic (exact) mass is 175 g/mol. The minimum atomic E-state index is -0.449. The van der Waals surface area contributed by atoms with Gasteiger partial charge in [-0.25, -0.2) is 0 Å². The summed E-state index contributed by atoms with van der Waals surface area (Å²) in [5.41, 5.74) is 5.34. The van der Waals surface area contributed by atoms with Gasteiger partial charge in [0.1, 0.15) is 5.92 Å². The van der Waals surface area contributed by atoms with Crippen LogP contribution >= 0.6 is 12.2 Å². The summed E-state index contributed by atoms with van der Waals surface area (Å²) in [6.07, 6.45) is 0. The third-order valence-corrected chi connectivity index (χ3v) is 1.68. The molecule has 0 radical (unpaired) electrons. The molecule has 1 atom stereocenters. The SMILES string of the molecule is COC(=O)C(C(N)=S)C(C)C. The highest BCUT2D eigenvalue weighted by Gasteiger charge is 2.25. The van der Waals surface area contributed by atoms with Gasteiger partial charge in [0, 0.05) is 0 Å². The van der Waals surface area contributed by atoms with E-state index in [1.54, 1.807) is 0 Å². The maximum atomic E-state index is 11.0. The molecule has 0 aromatic rings. The van der Waals surface area contributed by atoms with Gasteiger partial charge in [0.15, 0.2) is 0 Å². The van der Waals surface area contributed by atoms with E-state index in [2.05, 4.69) is 4.74 Å². The van der Waals surface area contributed by atoms with Gasteiger partial charge in [-0.05, 0) is 5.92 Å². The standard InChI is InChI=1S/C7H13NO2S/c1-4(2)5(6(8)11)7(9)10-3/h4-5H,1-3H3,(H2,8,11). The predicted molar refractivity (Wildman–Crippen MR) is 47.1 cm³/mol. The minimum absolute atomic E-state index is 0.0972. The summed E-state index contributed by atoms with van der Waals surface area (Å²) < 4.78 is 4.53. The summed E-state index contributed by atoms with van der Waals surface area (Å²) in [6, 6.07) is 0. The molecule has 0 heterocycles. The average molecular weight is 175 g/mol. The van der Waals surface area contributed by atoms with Crippen LogP contribution in [-0.2, 0) is 9.53 Å². The Morgan fingerprint density at radius 3 is 2.09 bits per heavy atom. The summed E-state index contributed by atoms with van der Waals surface area (Å²) >= 11 is 4.71. The Hall–Kier alpha value is -0.640. The van der Waals surface area contributed by atoms with Crippen LogP contribution in [0.25, 0.3) is 0 Å². The van der Waals surface area contributed by atoms with Gasteiger partial charge in [0.2, 0.25) is 0 Å². The summed E-state index contributed by atoms with van der Waals surface area (Å²) in [5.74, 6) is -0.706. The average Bonchev–Trinajstić information content (AvgIpc) is 1.85. The first-order valence-corrected chi connectivity index (χ1v) is 3.78. The number of thiocarbonyl (C=S) groups is 1. The molecule has 0 saturated carbocycles. The maximum Gasteiger partial charge on any atom is 0.315 e. The molecule has 3 nitrogen and oxygen atoms in total. The predicted octanol–water partition coefficient (Wildman–Crippen LogP) is 0.718. The molecule has 1 unspecified atom stereocenters. The topological polar surface area (TPSA) is 52.3 Å². The molecular formula is C7H13NO2S. The van der Waals surface area contributed by atoms with Gasteiger partial charge in [-0.3, -0.25) is 4.79 Å². The lowest BCUT2D eigenvalue weighted by Crippen LogP contribution is -2.33. The van der Waals surface area contributed by atoms with Gasteiger partial charge in [-0.2, -0.15) is 0 Å². The van der Waals surface area contributed by atoms with Crippen LogP contribution in [0.15, 0.2) is 0 Å². The lowest BCUT2D eigenvalue weighted by atomic mass is 9.96. The second-order valence-corrected chi connectivity index (χ2v) is 3.12. The van der Waals surface area contributed by atoms with Gasteiger partial charge in [-0.15, -0.1) is 0 Å². The Bertz CT molecular complexity index is 168. The largest absolute Gasteiger partial charge is 0.468 e. The normalized spacial score (nSPS) is 12.7. The molecule has 0 aliphatic rings. The molecule has 11 heavy (non-hydrogen) atoms. The molecule has 0 fully saturated rings. The number of carbonyl (C=O) groups excluding carboxylic acids is 1. The van der Waals surface area contributed by atoms with E-state index in [0.29, 0.717) is 0 Å². The van der Waals surface area contributed by atoms with Crippen LogP contribution in [0, 0.1) is 11.8 Å². The number of rotatable bonds is 3. The maximum absolute atomic E-state index is 11.0. The first-order chi connectivity index (χ1) is 5.00. The molecule has 0 spiro atoms. The van der Waals surface area contributed by atoms with Gasteiger partial charge in [0.25, 0.3) is 0 Å². The number of ether oxygens (including phenoxy) is 1. The van der Waals surface area contributed by atoms with Crippen LogP contribution in [0.3, 0.4) is 0 Å². The van der Waals surface area contributed by atoms with Crippen LogP contribution in [0.5, 0.6) is 0 Å². The Kier molecular flexibility index (Phi) is 4.03. The molecule has 2 N–H and O–H groups in total.